The number of nitrogens with zero attached hydrogens (tertiary/aromatic N) is 2. The maximum atomic E-state index is 12.1. The molecule has 1 amide bonds. The number of carbonyl (C=O) groups excluding carboxylic acids is 1. The van der Waals surface area contributed by atoms with E-state index >= 15 is 0 Å². The number of hydrogen-bond donors (Lipinski definition) is 2. The third-order valence-corrected chi connectivity index (χ3v) is 4.45. The van der Waals surface area contributed by atoms with Gasteiger partial charge in [0.1, 0.15) is 0 Å². The summed E-state index contributed by atoms with van der Waals surface area (Å²) in [5.41, 5.74) is 3.44. The summed E-state index contributed by atoms with van der Waals surface area (Å²) < 4.78 is 0. The van der Waals surface area contributed by atoms with Gasteiger partial charge < -0.3 is 10.3 Å². The van der Waals surface area contributed by atoms with E-state index in [1.165, 1.54) is 4.88 Å². The average molecular weight is 300 g/mol. The molecule has 0 saturated heterocycles. The number of aromatic nitrogens is 3. The molecule has 21 heavy (non-hydrogen) atoms. The fourth-order valence-corrected chi connectivity index (χ4v) is 3.21. The van der Waals surface area contributed by atoms with Crippen LogP contribution in [0.15, 0.2) is 24.5 Å². The fourth-order valence-electron chi connectivity index (χ4n) is 2.27. The monoisotopic (exact) mass is 300 g/mol. The summed E-state index contributed by atoms with van der Waals surface area (Å²) in [5, 5.41) is 4.01. The number of H-pyrrole nitrogens is 1. The number of hydrogen-bond acceptors (Lipinski definition) is 4. The van der Waals surface area contributed by atoms with E-state index in [1.54, 1.807) is 23.7 Å². The number of benzene rings is 1. The summed E-state index contributed by atoms with van der Waals surface area (Å²) in [7, 11) is 0. The summed E-state index contributed by atoms with van der Waals surface area (Å²) in [6.45, 7) is 4.62. The lowest BCUT2D eigenvalue weighted by Gasteiger charge is -2.04. The summed E-state index contributed by atoms with van der Waals surface area (Å²) in [5.74, 6) is -0.0645. The van der Waals surface area contributed by atoms with E-state index in [1.807, 2.05) is 26.0 Å². The number of imidazole rings is 1. The molecular formula is C15H16N4OS. The maximum absolute atomic E-state index is 12.1. The van der Waals surface area contributed by atoms with Crippen LogP contribution in [0.3, 0.4) is 0 Å². The van der Waals surface area contributed by atoms with Crippen molar-refractivity contribution in [1.29, 1.82) is 0 Å². The van der Waals surface area contributed by atoms with Gasteiger partial charge in [0.15, 0.2) is 0 Å². The predicted molar refractivity (Wildman–Crippen MR) is 83.7 cm³/mol. The molecule has 0 fully saturated rings. The second kappa shape index (κ2) is 5.65. The third-order valence-electron chi connectivity index (χ3n) is 3.32. The highest BCUT2D eigenvalue weighted by atomic mass is 32.1. The van der Waals surface area contributed by atoms with E-state index in [0.717, 1.165) is 28.2 Å². The van der Waals surface area contributed by atoms with Crippen molar-refractivity contribution in [3.8, 4) is 0 Å². The van der Waals surface area contributed by atoms with Gasteiger partial charge in [-0.05, 0) is 32.0 Å². The largest absolute Gasteiger partial charge is 0.352 e. The molecule has 108 valence electrons. The molecule has 0 aliphatic heterocycles. The molecule has 0 saturated carbocycles. The van der Waals surface area contributed by atoms with E-state index in [-0.39, 0.29) is 5.91 Å². The Labute approximate surface area is 126 Å². The van der Waals surface area contributed by atoms with Crippen LogP contribution < -0.4 is 5.32 Å². The lowest BCUT2D eigenvalue weighted by atomic mass is 10.2. The molecule has 2 aromatic heterocycles. The van der Waals surface area contributed by atoms with Gasteiger partial charge >= 0.3 is 0 Å². The first-order chi connectivity index (χ1) is 10.1. The van der Waals surface area contributed by atoms with Gasteiger partial charge in [0.2, 0.25) is 0 Å². The van der Waals surface area contributed by atoms with Crippen molar-refractivity contribution in [1.82, 2.24) is 20.3 Å². The first kappa shape index (κ1) is 13.8. The Morgan fingerprint density at radius 2 is 2.24 bits per heavy atom. The molecule has 0 radical (unpaired) electrons. The van der Waals surface area contributed by atoms with E-state index in [4.69, 9.17) is 0 Å². The molecule has 0 aliphatic carbocycles. The van der Waals surface area contributed by atoms with Crippen molar-refractivity contribution in [3.63, 3.8) is 0 Å². The maximum Gasteiger partial charge on any atom is 0.251 e. The molecule has 1 aromatic carbocycles. The molecule has 0 bridgehead atoms. The number of fused-ring (bicyclic) bond motifs is 1. The number of nitrogens with one attached hydrogen (secondary N) is 2. The van der Waals surface area contributed by atoms with Crippen molar-refractivity contribution in [3.05, 3.63) is 45.7 Å². The van der Waals surface area contributed by atoms with Crippen molar-refractivity contribution in [2.45, 2.75) is 20.3 Å². The SMILES string of the molecule is Cc1nc(C)c(CCNC(=O)c2ccc3nc[nH]c3c2)s1. The Bertz CT molecular complexity index is 790. The van der Waals surface area contributed by atoms with Gasteiger partial charge in [0.05, 0.1) is 28.1 Å². The Morgan fingerprint density at radius 3 is 3.00 bits per heavy atom. The van der Waals surface area contributed by atoms with Crippen LogP contribution in [0.2, 0.25) is 0 Å². The van der Waals surface area contributed by atoms with E-state index < -0.39 is 0 Å². The fraction of sp³-hybridized carbons (Fsp3) is 0.267. The van der Waals surface area contributed by atoms with E-state index in [0.29, 0.717) is 12.1 Å². The number of thiazole rings is 1. The third kappa shape index (κ3) is 2.95. The van der Waals surface area contributed by atoms with Gasteiger partial charge in [-0.3, -0.25) is 4.79 Å². The Balaban J connectivity index is 1.62. The Hall–Kier alpha value is -2.21. The lowest BCUT2D eigenvalue weighted by molar-refractivity contribution is 0.0954. The number of carbonyl (C=O) groups is 1. The first-order valence-electron chi connectivity index (χ1n) is 6.78. The van der Waals surface area contributed by atoms with Crippen LogP contribution in [0.1, 0.15) is 25.9 Å². The van der Waals surface area contributed by atoms with E-state index in [9.17, 15) is 4.79 Å². The minimum atomic E-state index is -0.0645. The standard InChI is InChI=1S/C15H16N4OS/c1-9-14(21-10(2)19-9)5-6-16-15(20)11-3-4-12-13(7-11)18-8-17-12/h3-4,7-8H,5-6H2,1-2H3,(H,16,20)(H,17,18). The highest BCUT2D eigenvalue weighted by Gasteiger charge is 2.08. The molecule has 0 aliphatic rings. The smallest absolute Gasteiger partial charge is 0.251 e. The second-order valence-electron chi connectivity index (χ2n) is 4.88. The van der Waals surface area contributed by atoms with Gasteiger partial charge in [-0.25, -0.2) is 9.97 Å². The average Bonchev–Trinajstić information content (AvgIpc) is 3.04. The molecule has 0 unspecified atom stereocenters. The molecule has 2 N–H and O–H groups in total. The molecule has 0 spiro atoms. The molecule has 6 heteroatoms. The lowest BCUT2D eigenvalue weighted by Crippen LogP contribution is -2.25. The van der Waals surface area contributed by atoms with Crippen molar-refractivity contribution in [2.24, 2.45) is 0 Å². The molecular weight excluding hydrogens is 284 g/mol. The quantitative estimate of drug-likeness (QED) is 0.778. The predicted octanol–water partition coefficient (Wildman–Crippen LogP) is 2.61. The molecule has 3 aromatic rings. The van der Waals surface area contributed by atoms with Gasteiger partial charge in [0, 0.05) is 23.4 Å². The number of aromatic amines is 1. The normalized spacial score (nSPS) is 11.0. The topological polar surface area (TPSA) is 70.7 Å². The summed E-state index contributed by atoms with van der Waals surface area (Å²) >= 11 is 1.69. The van der Waals surface area contributed by atoms with Crippen LogP contribution in [0.5, 0.6) is 0 Å². The minimum Gasteiger partial charge on any atom is -0.352 e. The summed E-state index contributed by atoms with van der Waals surface area (Å²) in [6, 6.07) is 5.46. The second-order valence-corrected chi connectivity index (χ2v) is 6.17. The molecule has 3 rings (SSSR count). The van der Waals surface area contributed by atoms with Gasteiger partial charge in [-0.2, -0.15) is 0 Å². The zero-order valence-corrected chi connectivity index (χ0v) is 12.8. The molecule has 2 heterocycles. The van der Waals surface area contributed by atoms with E-state index in [2.05, 4.69) is 20.3 Å². The number of amides is 1. The number of aryl methyl sites for hydroxylation is 2. The van der Waals surface area contributed by atoms with Crippen LogP contribution in [-0.4, -0.2) is 27.4 Å². The highest BCUT2D eigenvalue weighted by molar-refractivity contribution is 7.11. The number of rotatable bonds is 4. The van der Waals surface area contributed by atoms with Crippen molar-refractivity contribution >= 4 is 28.3 Å². The molecule has 5 nitrogen and oxygen atoms in total. The summed E-state index contributed by atoms with van der Waals surface area (Å²) in [4.78, 5) is 24.9. The van der Waals surface area contributed by atoms with Crippen LogP contribution in [0.4, 0.5) is 0 Å². The van der Waals surface area contributed by atoms with Gasteiger partial charge in [-0.15, -0.1) is 11.3 Å². The summed E-state index contributed by atoms with van der Waals surface area (Å²) in [6.07, 6.45) is 2.44. The van der Waals surface area contributed by atoms with Crippen LogP contribution in [0.25, 0.3) is 11.0 Å². The highest BCUT2D eigenvalue weighted by Crippen LogP contribution is 2.17. The van der Waals surface area contributed by atoms with Crippen LogP contribution >= 0.6 is 11.3 Å². The van der Waals surface area contributed by atoms with Gasteiger partial charge in [0.25, 0.3) is 5.91 Å². The molecule has 0 atom stereocenters. The minimum absolute atomic E-state index is 0.0645. The zero-order valence-electron chi connectivity index (χ0n) is 11.9. The Morgan fingerprint density at radius 1 is 1.38 bits per heavy atom. The van der Waals surface area contributed by atoms with Crippen molar-refractivity contribution in [2.75, 3.05) is 6.54 Å². The van der Waals surface area contributed by atoms with Gasteiger partial charge in [-0.1, -0.05) is 0 Å². The van der Waals surface area contributed by atoms with Crippen LogP contribution in [-0.2, 0) is 6.42 Å². The first-order valence-corrected chi connectivity index (χ1v) is 7.59. The van der Waals surface area contributed by atoms with Crippen molar-refractivity contribution < 1.29 is 4.79 Å². The Kier molecular flexibility index (Phi) is 3.70. The zero-order chi connectivity index (χ0) is 14.8. The van der Waals surface area contributed by atoms with Crippen LogP contribution in [0, 0.1) is 13.8 Å².